The normalized spacial score (nSPS) is 30.0. The summed E-state index contributed by atoms with van der Waals surface area (Å²) in [4.78, 5) is 35.4. The van der Waals surface area contributed by atoms with E-state index in [9.17, 15) is 50.1 Å². The van der Waals surface area contributed by atoms with Gasteiger partial charge in [-0.15, -0.1) is 0 Å². The summed E-state index contributed by atoms with van der Waals surface area (Å²) in [6.45, 7) is -1.20. The molecule has 0 saturated carbocycles. The third-order valence-corrected chi connectivity index (χ3v) is 5.95. The van der Waals surface area contributed by atoms with E-state index in [4.69, 9.17) is 18.9 Å². The van der Waals surface area contributed by atoms with Crippen molar-refractivity contribution in [3.63, 3.8) is 0 Å². The summed E-state index contributed by atoms with van der Waals surface area (Å²) in [7, 11) is 0. The Morgan fingerprint density at radius 1 is 1.00 bits per heavy atom. The van der Waals surface area contributed by atoms with E-state index in [1.807, 2.05) is 0 Å². The van der Waals surface area contributed by atoms with Gasteiger partial charge in [0.25, 0.3) is 0 Å². The maximum absolute atomic E-state index is 12.2. The fourth-order valence-electron chi connectivity index (χ4n) is 3.91. The number of phenolic OH excluding ortho intramolecular Hbond substituents is 1. The molecule has 7 atom stereocenters. The third kappa shape index (κ3) is 7.63. The highest BCUT2D eigenvalue weighted by atomic mass is 16.8. The Balaban J connectivity index is 1.81. The number of benzene rings is 1. The van der Waals surface area contributed by atoms with Crippen LogP contribution < -0.4 is 0 Å². The van der Waals surface area contributed by atoms with Crippen LogP contribution in [-0.4, -0.2) is 104 Å². The van der Waals surface area contributed by atoms with Crippen LogP contribution in [0.5, 0.6) is 5.75 Å². The fourth-order valence-corrected chi connectivity index (χ4v) is 3.91. The summed E-state index contributed by atoms with van der Waals surface area (Å²) in [5.41, 5.74) is 0.0648. The average Bonchev–Trinajstić information content (AvgIpc) is 2.89. The number of rotatable bonds is 10. The first kappa shape index (κ1) is 29.8. The summed E-state index contributed by atoms with van der Waals surface area (Å²) in [5.74, 6) is -4.91. The van der Waals surface area contributed by atoms with Crippen molar-refractivity contribution in [2.75, 3.05) is 13.2 Å². The molecule has 1 fully saturated rings. The molecule has 1 aromatic rings. The van der Waals surface area contributed by atoms with Crippen LogP contribution >= 0.6 is 0 Å². The average molecular weight is 552 g/mol. The highest BCUT2D eigenvalue weighted by molar-refractivity contribution is 5.89. The maximum atomic E-state index is 12.2. The molecule has 0 radical (unpaired) electrons. The van der Waals surface area contributed by atoms with Crippen molar-refractivity contribution >= 4 is 24.0 Å². The Labute approximate surface area is 221 Å². The lowest BCUT2D eigenvalue weighted by Crippen LogP contribution is -2.60. The van der Waals surface area contributed by atoms with E-state index in [-0.39, 0.29) is 11.3 Å². The number of aromatic hydroxyl groups is 1. The van der Waals surface area contributed by atoms with Crippen molar-refractivity contribution < 1.29 is 69.1 Å². The summed E-state index contributed by atoms with van der Waals surface area (Å²) in [6.07, 6.45) is -6.07. The summed E-state index contributed by atoms with van der Waals surface area (Å²) >= 11 is 0. The number of carboxylic acids is 2. The van der Waals surface area contributed by atoms with Gasteiger partial charge in [0, 0.05) is 17.6 Å². The number of phenols is 1. The molecule has 2 aliphatic rings. The van der Waals surface area contributed by atoms with Crippen molar-refractivity contribution in [1.29, 1.82) is 0 Å². The lowest BCUT2D eigenvalue weighted by Gasteiger charge is -2.41. The zero-order chi connectivity index (χ0) is 28.7. The van der Waals surface area contributed by atoms with Crippen LogP contribution in [0.3, 0.4) is 0 Å². The van der Waals surface area contributed by atoms with Gasteiger partial charge < -0.3 is 54.7 Å². The second-order valence-electron chi connectivity index (χ2n) is 8.59. The van der Waals surface area contributed by atoms with E-state index in [2.05, 4.69) is 0 Å². The number of aliphatic hydroxyl groups excluding tert-OH is 4. The molecule has 2 heterocycles. The predicted octanol–water partition coefficient (Wildman–Crippen LogP) is -0.893. The Morgan fingerprint density at radius 2 is 1.69 bits per heavy atom. The lowest BCUT2D eigenvalue weighted by atomic mass is 9.86. The van der Waals surface area contributed by atoms with Crippen LogP contribution in [0.2, 0.25) is 0 Å². The minimum atomic E-state index is -1.82. The van der Waals surface area contributed by atoms with E-state index in [1.165, 1.54) is 24.3 Å². The molecule has 0 spiro atoms. The molecule has 212 valence electrons. The van der Waals surface area contributed by atoms with E-state index in [0.717, 1.165) is 12.3 Å². The number of ether oxygens (including phenoxy) is 4. The van der Waals surface area contributed by atoms with Crippen LogP contribution in [0.15, 0.2) is 53.8 Å². The van der Waals surface area contributed by atoms with Gasteiger partial charge in [-0.3, -0.25) is 4.79 Å². The summed E-state index contributed by atoms with van der Waals surface area (Å²) in [6, 6.07) is 5.95. The minimum absolute atomic E-state index is 0.0437. The molecule has 0 bridgehead atoms. The number of esters is 1. The summed E-state index contributed by atoms with van der Waals surface area (Å²) < 4.78 is 21.3. The van der Waals surface area contributed by atoms with Gasteiger partial charge in [0.05, 0.1) is 24.9 Å². The molecule has 3 rings (SSSR count). The molecule has 7 N–H and O–H groups in total. The van der Waals surface area contributed by atoms with Crippen molar-refractivity contribution in [2.45, 2.75) is 43.4 Å². The van der Waals surface area contributed by atoms with Gasteiger partial charge in [-0.25, -0.2) is 9.59 Å². The highest BCUT2D eigenvalue weighted by Gasteiger charge is 2.46. The third-order valence-electron chi connectivity index (χ3n) is 5.95. The number of aliphatic carboxylic acids is 2. The van der Waals surface area contributed by atoms with Crippen LogP contribution in [0.1, 0.15) is 12.0 Å². The highest BCUT2D eigenvalue weighted by Crippen LogP contribution is 2.35. The number of carbonyl (C=O) groups excluding carboxylic acids is 1. The van der Waals surface area contributed by atoms with Crippen LogP contribution in [-0.2, 0) is 33.3 Å². The molecule has 2 aliphatic heterocycles. The number of aliphatic hydroxyl groups is 4. The van der Waals surface area contributed by atoms with E-state index < -0.39 is 86.0 Å². The minimum Gasteiger partial charge on any atom is -0.508 e. The van der Waals surface area contributed by atoms with E-state index in [0.29, 0.717) is 5.56 Å². The second kappa shape index (κ2) is 13.3. The molecule has 39 heavy (non-hydrogen) atoms. The largest absolute Gasteiger partial charge is 0.508 e. The molecular weight excluding hydrogens is 524 g/mol. The van der Waals surface area contributed by atoms with Gasteiger partial charge in [0.2, 0.25) is 6.29 Å². The quantitative estimate of drug-likeness (QED) is 0.106. The zero-order valence-corrected chi connectivity index (χ0v) is 20.3. The Hall–Kier alpha value is -3.79. The molecule has 0 aliphatic carbocycles. The molecule has 1 aromatic carbocycles. The van der Waals surface area contributed by atoms with Gasteiger partial charge in [-0.05, 0) is 29.8 Å². The van der Waals surface area contributed by atoms with Crippen molar-refractivity contribution in [1.82, 2.24) is 0 Å². The Kier molecular flexibility index (Phi) is 10.2. The van der Waals surface area contributed by atoms with Gasteiger partial charge in [0.1, 0.15) is 36.8 Å². The van der Waals surface area contributed by atoms with Crippen LogP contribution in [0.25, 0.3) is 6.08 Å². The molecule has 1 saturated heterocycles. The fraction of sp³-hybridized carbons (Fsp3) is 0.400. The van der Waals surface area contributed by atoms with Crippen LogP contribution in [0, 0.1) is 5.92 Å². The first-order valence-electron chi connectivity index (χ1n) is 11.6. The molecule has 0 amide bonds. The van der Waals surface area contributed by atoms with Crippen molar-refractivity contribution in [3.8, 4) is 5.75 Å². The summed E-state index contributed by atoms with van der Waals surface area (Å²) in [5, 5.41) is 67.9. The van der Waals surface area contributed by atoms with E-state index in [1.54, 1.807) is 12.1 Å². The smallest absolute Gasteiger partial charge is 0.335 e. The first-order valence-corrected chi connectivity index (χ1v) is 11.6. The monoisotopic (exact) mass is 552 g/mol. The Morgan fingerprint density at radius 3 is 2.31 bits per heavy atom. The standard InChI is InChI=1S/C25H28O14/c26-10-17-20(31)21(32)22(33)25(38-17)39-24-14(15(9-18(28)29)16(11-37-24)23(34)35)7-8-36-19(30)6-3-12-1-4-13(27)5-2-12/h1-7,11,15,17,20-22,24-27,31-33H,8-10H2,(H,28,29)(H,34,35)/b6-3+,14-7-. The second-order valence-corrected chi connectivity index (χ2v) is 8.59. The van der Waals surface area contributed by atoms with Gasteiger partial charge in [0.15, 0.2) is 6.29 Å². The van der Waals surface area contributed by atoms with Gasteiger partial charge in [-0.2, -0.15) is 0 Å². The zero-order valence-electron chi connectivity index (χ0n) is 20.3. The molecule has 0 aromatic heterocycles. The number of hydrogen-bond donors (Lipinski definition) is 7. The molecule has 14 heteroatoms. The van der Waals surface area contributed by atoms with Crippen molar-refractivity contribution in [2.24, 2.45) is 5.92 Å². The Bertz CT molecular complexity index is 1120. The van der Waals surface area contributed by atoms with Crippen molar-refractivity contribution in [3.05, 3.63) is 59.4 Å². The molecular formula is C25H28O14. The van der Waals surface area contributed by atoms with Crippen LogP contribution in [0.4, 0.5) is 0 Å². The molecule has 7 unspecified atom stereocenters. The SMILES string of the molecule is O=C(O)CC1C(C(=O)O)=COC(OC2OC(CO)C(O)C(O)C2O)/C1=C\COC(=O)/C=C/c1ccc(O)cc1. The lowest BCUT2D eigenvalue weighted by molar-refractivity contribution is -0.327. The van der Waals surface area contributed by atoms with Gasteiger partial charge >= 0.3 is 17.9 Å². The first-order chi connectivity index (χ1) is 18.5. The molecule has 14 nitrogen and oxygen atoms in total. The maximum Gasteiger partial charge on any atom is 0.335 e. The van der Waals surface area contributed by atoms with Gasteiger partial charge in [-0.1, -0.05) is 12.1 Å². The predicted molar refractivity (Wildman–Crippen MR) is 127 cm³/mol. The number of hydrogen-bond acceptors (Lipinski definition) is 12. The number of carbonyl (C=O) groups is 3. The topological polar surface area (TPSA) is 230 Å². The number of carboxylic acid groups (broad SMARTS) is 2. The van der Waals surface area contributed by atoms with E-state index >= 15 is 0 Å².